The molecule has 7 heteroatoms. The summed E-state index contributed by atoms with van der Waals surface area (Å²) >= 11 is 1.27. The van der Waals surface area contributed by atoms with E-state index in [-0.39, 0.29) is 17.9 Å². The van der Waals surface area contributed by atoms with Crippen molar-refractivity contribution in [2.24, 2.45) is 0 Å². The summed E-state index contributed by atoms with van der Waals surface area (Å²) in [6, 6.07) is 8.66. The van der Waals surface area contributed by atoms with Crippen LogP contribution in [0.4, 0.5) is 18.3 Å². The number of hydrogen-bond donors (Lipinski definition) is 1. The van der Waals surface area contributed by atoms with Gasteiger partial charge in [0, 0.05) is 17.4 Å². The lowest BCUT2D eigenvalue weighted by atomic mass is 9.89. The highest BCUT2D eigenvalue weighted by atomic mass is 32.1. The topological polar surface area (TPSA) is 48.1 Å². The molecule has 1 heterocycles. The quantitative estimate of drug-likeness (QED) is 0.677. The van der Waals surface area contributed by atoms with Crippen LogP contribution < -0.4 is 10.5 Å². The molecule has 0 saturated carbocycles. The van der Waals surface area contributed by atoms with Gasteiger partial charge in [0.15, 0.2) is 16.8 Å². The maximum Gasteiger partial charge on any atom is 0.180 e. The molecule has 0 aliphatic carbocycles. The molecule has 1 atom stereocenters. The largest absolute Gasteiger partial charge is 0.497 e. The predicted molar refractivity (Wildman–Crippen MR) is 91.4 cm³/mol. The minimum atomic E-state index is -1.21. The van der Waals surface area contributed by atoms with Crippen molar-refractivity contribution in [3.05, 3.63) is 76.1 Å². The number of ether oxygens (including phenoxy) is 1. The number of aromatic nitrogens is 1. The molecule has 0 aliphatic rings. The molecule has 3 rings (SSSR count). The van der Waals surface area contributed by atoms with Crippen LogP contribution in [0.25, 0.3) is 0 Å². The van der Waals surface area contributed by atoms with Crippen molar-refractivity contribution in [1.82, 2.24) is 4.98 Å². The third-order valence-corrected chi connectivity index (χ3v) is 4.62. The molecular formula is C18H15F3N2OS. The molecule has 3 nitrogen and oxygen atoms in total. The van der Waals surface area contributed by atoms with Crippen LogP contribution >= 0.6 is 11.3 Å². The Morgan fingerprint density at radius 1 is 1.08 bits per heavy atom. The summed E-state index contributed by atoms with van der Waals surface area (Å²) in [6.45, 7) is 0. The van der Waals surface area contributed by atoms with Crippen molar-refractivity contribution >= 4 is 16.5 Å². The average molecular weight is 364 g/mol. The van der Waals surface area contributed by atoms with Crippen molar-refractivity contribution in [3.8, 4) is 5.75 Å². The predicted octanol–water partition coefficient (Wildman–Crippen LogP) is 4.53. The van der Waals surface area contributed by atoms with Crippen molar-refractivity contribution in [1.29, 1.82) is 0 Å². The Hall–Kier alpha value is -2.54. The Morgan fingerprint density at radius 2 is 1.76 bits per heavy atom. The molecule has 1 unspecified atom stereocenters. The lowest BCUT2D eigenvalue weighted by molar-refractivity contribution is 0.414. The van der Waals surface area contributed by atoms with Crippen LogP contribution in [0.1, 0.15) is 22.7 Å². The van der Waals surface area contributed by atoms with Crippen LogP contribution in [0.2, 0.25) is 0 Å². The molecule has 0 saturated heterocycles. The zero-order chi connectivity index (χ0) is 18.0. The molecule has 130 valence electrons. The summed E-state index contributed by atoms with van der Waals surface area (Å²) < 4.78 is 45.9. The monoisotopic (exact) mass is 364 g/mol. The molecule has 0 radical (unpaired) electrons. The first-order chi connectivity index (χ1) is 12.0. The third kappa shape index (κ3) is 3.76. The van der Waals surface area contributed by atoms with E-state index in [2.05, 4.69) is 4.98 Å². The second-order valence-electron chi connectivity index (χ2n) is 5.50. The number of rotatable bonds is 5. The van der Waals surface area contributed by atoms with Gasteiger partial charge in [-0.15, -0.1) is 11.3 Å². The van der Waals surface area contributed by atoms with Gasteiger partial charge in [-0.3, -0.25) is 0 Å². The van der Waals surface area contributed by atoms with E-state index in [1.807, 2.05) is 12.1 Å². The van der Waals surface area contributed by atoms with E-state index in [0.717, 1.165) is 11.6 Å². The van der Waals surface area contributed by atoms with Crippen molar-refractivity contribution in [2.75, 3.05) is 12.8 Å². The van der Waals surface area contributed by atoms with Gasteiger partial charge in [-0.25, -0.2) is 18.2 Å². The summed E-state index contributed by atoms with van der Waals surface area (Å²) in [7, 11) is 1.56. The first-order valence-corrected chi connectivity index (χ1v) is 8.34. The maximum absolute atomic E-state index is 14.1. The number of nitrogens with zero attached hydrogens (tertiary/aromatic N) is 1. The van der Waals surface area contributed by atoms with Crippen LogP contribution in [-0.4, -0.2) is 12.1 Å². The lowest BCUT2D eigenvalue weighted by Crippen LogP contribution is -2.08. The zero-order valence-corrected chi connectivity index (χ0v) is 14.1. The van der Waals surface area contributed by atoms with Crippen molar-refractivity contribution in [3.63, 3.8) is 0 Å². The standard InChI is InChI=1S/C18H15F3N2OS/c1-24-12-4-2-10(3-5-12)13(17-9-25-18(22)23-17)6-11-7-15(20)16(21)8-14(11)19/h2-5,7-9,13H,6H2,1H3,(H2,22,23). The molecule has 0 aliphatic heterocycles. The first-order valence-electron chi connectivity index (χ1n) is 7.46. The maximum atomic E-state index is 14.1. The van der Waals surface area contributed by atoms with Crippen molar-refractivity contribution < 1.29 is 17.9 Å². The van der Waals surface area contributed by atoms with Crippen LogP contribution in [0.5, 0.6) is 5.75 Å². The highest BCUT2D eigenvalue weighted by molar-refractivity contribution is 7.13. The number of benzene rings is 2. The van der Waals surface area contributed by atoms with E-state index in [9.17, 15) is 13.2 Å². The second-order valence-corrected chi connectivity index (χ2v) is 6.39. The highest BCUT2D eigenvalue weighted by Gasteiger charge is 2.21. The lowest BCUT2D eigenvalue weighted by Gasteiger charge is -2.17. The van der Waals surface area contributed by atoms with Crippen LogP contribution in [0.3, 0.4) is 0 Å². The molecule has 0 bridgehead atoms. The van der Waals surface area contributed by atoms with Crippen LogP contribution in [0, 0.1) is 17.5 Å². The molecular weight excluding hydrogens is 349 g/mol. The molecule has 0 amide bonds. The fourth-order valence-electron chi connectivity index (χ4n) is 2.63. The van der Waals surface area contributed by atoms with Gasteiger partial charge in [0.25, 0.3) is 0 Å². The van der Waals surface area contributed by atoms with Gasteiger partial charge in [-0.05, 0) is 35.7 Å². The molecule has 25 heavy (non-hydrogen) atoms. The van der Waals surface area contributed by atoms with Crippen LogP contribution in [0.15, 0.2) is 41.8 Å². The number of hydrogen-bond acceptors (Lipinski definition) is 4. The van der Waals surface area contributed by atoms with Gasteiger partial charge in [-0.2, -0.15) is 0 Å². The van der Waals surface area contributed by atoms with Crippen LogP contribution in [-0.2, 0) is 6.42 Å². The Kier molecular flexibility index (Phi) is 4.94. The van der Waals surface area contributed by atoms with Crippen molar-refractivity contribution in [2.45, 2.75) is 12.3 Å². The number of thiazole rings is 1. The number of nitrogen functional groups attached to an aromatic ring is 1. The van der Waals surface area contributed by atoms with Gasteiger partial charge in [0.05, 0.1) is 12.8 Å². The minimum absolute atomic E-state index is 0.0753. The summed E-state index contributed by atoms with van der Waals surface area (Å²) in [6.07, 6.45) is 0.124. The summed E-state index contributed by atoms with van der Waals surface area (Å²) in [5.74, 6) is -2.75. The first kappa shape index (κ1) is 17.3. The Bertz CT molecular complexity index is 881. The fourth-order valence-corrected chi connectivity index (χ4v) is 3.25. The Morgan fingerprint density at radius 3 is 2.36 bits per heavy atom. The summed E-state index contributed by atoms with van der Waals surface area (Å²) in [4.78, 5) is 4.27. The number of methoxy groups -OCH3 is 1. The number of anilines is 1. The van der Waals surface area contributed by atoms with E-state index in [1.165, 1.54) is 11.3 Å². The molecule has 2 aromatic carbocycles. The normalized spacial score (nSPS) is 12.2. The van der Waals surface area contributed by atoms with Gasteiger partial charge in [-0.1, -0.05) is 12.1 Å². The van der Waals surface area contributed by atoms with E-state index in [1.54, 1.807) is 24.6 Å². The van der Waals surface area contributed by atoms with Gasteiger partial charge in [0.1, 0.15) is 11.6 Å². The fraction of sp³-hybridized carbons (Fsp3) is 0.167. The molecule has 0 spiro atoms. The minimum Gasteiger partial charge on any atom is -0.497 e. The number of nitrogens with two attached hydrogens (primary N) is 1. The van der Waals surface area contributed by atoms with E-state index in [4.69, 9.17) is 10.5 Å². The molecule has 0 fully saturated rings. The SMILES string of the molecule is COc1ccc(C(Cc2cc(F)c(F)cc2F)c2csc(N)n2)cc1. The zero-order valence-electron chi connectivity index (χ0n) is 13.3. The Balaban J connectivity index is 2.01. The molecule has 1 aromatic heterocycles. The molecule has 2 N–H and O–H groups in total. The van der Waals surface area contributed by atoms with Gasteiger partial charge in [0.2, 0.25) is 0 Å². The second kappa shape index (κ2) is 7.14. The molecule has 3 aromatic rings. The van der Waals surface area contributed by atoms with Gasteiger partial charge < -0.3 is 10.5 Å². The number of halogens is 3. The third-order valence-electron chi connectivity index (χ3n) is 3.93. The smallest absolute Gasteiger partial charge is 0.180 e. The van der Waals surface area contributed by atoms with E-state index < -0.39 is 17.5 Å². The Labute approximate surface area is 146 Å². The summed E-state index contributed by atoms with van der Waals surface area (Å²) in [5.41, 5.74) is 7.28. The summed E-state index contributed by atoms with van der Waals surface area (Å²) in [5, 5.41) is 2.17. The highest BCUT2D eigenvalue weighted by Crippen LogP contribution is 2.32. The van der Waals surface area contributed by atoms with Gasteiger partial charge >= 0.3 is 0 Å². The van der Waals surface area contributed by atoms with E-state index in [0.29, 0.717) is 22.6 Å². The average Bonchev–Trinajstić information content (AvgIpc) is 3.03. The van der Waals surface area contributed by atoms with E-state index >= 15 is 0 Å².